The molecule has 0 spiro atoms. The fourth-order valence-corrected chi connectivity index (χ4v) is 2.98. The molecule has 0 bridgehead atoms. The number of anilines is 1. The zero-order chi connectivity index (χ0) is 16.2. The van der Waals surface area contributed by atoms with Crippen LogP contribution in [0.4, 0.5) is 18.9 Å². The van der Waals surface area contributed by atoms with E-state index in [-0.39, 0.29) is 12.8 Å². The SMILES string of the molecule is COCc1cccc(NC(=O)C2CCCCC2C(F)(F)F)c1. The zero-order valence-corrected chi connectivity index (χ0v) is 12.5. The standard InChI is InChI=1S/C16H20F3NO2/c1-22-10-11-5-4-6-12(9-11)20-15(21)13-7-2-3-8-14(13)16(17,18)19/h4-6,9,13-14H,2-3,7-8,10H2,1H3,(H,20,21). The van der Waals surface area contributed by atoms with Crippen molar-refractivity contribution in [1.82, 2.24) is 0 Å². The Hall–Kier alpha value is -1.56. The van der Waals surface area contributed by atoms with E-state index in [1.807, 2.05) is 6.07 Å². The number of ether oxygens (including phenoxy) is 1. The van der Waals surface area contributed by atoms with E-state index in [2.05, 4.69) is 5.32 Å². The van der Waals surface area contributed by atoms with Gasteiger partial charge in [0, 0.05) is 18.7 Å². The number of rotatable bonds is 4. The number of hydrogen-bond acceptors (Lipinski definition) is 2. The minimum Gasteiger partial charge on any atom is -0.380 e. The van der Waals surface area contributed by atoms with Crippen molar-refractivity contribution in [3.05, 3.63) is 29.8 Å². The van der Waals surface area contributed by atoms with Crippen LogP contribution in [0.2, 0.25) is 0 Å². The maximum atomic E-state index is 13.1. The molecule has 0 aliphatic heterocycles. The smallest absolute Gasteiger partial charge is 0.380 e. The fourth-order valence-electron chi connectivity index (χ4n) is 2.98. The van der Waals surface area contributed by atoms with Crippen LogP contribution in [0, 0.1) is 11.8 Å². The van der Waals surface area contributed by atoms with Gasteiger partial charge in [0.25, 0.3) is 0 Å². The molecule has 1 aromatic rings. The van der Waals surface area contributed by atoms with Crippen LogP contribution in [0.25, 0.3) is 0 Å². The van der Waals surface area contributed by atoms with Crippen molar-refractivity contribution in [2.45, 2.75) is 38.5 Å². The number of halogens is 3. The Labute approximate surface area is 127 Å². The van der Waals surface area contributed by atoms with E-state index < -0.39 is 23.9 Å². The summed E-state index contributed by atoms with van der Waals surface area (Å²) < 4.78 is 44.2. The van der Waals surface area contributed by atoms with Crippen LogP contribution in [0.3, 0.4) is 0 Å². The minimum atomic E-state index is -4.32. The van der Waals surface area contributed by atoms with Gasteiger partial charge in [0.05, 0.1) is 12.5 Å². The Bertz CT molecular complexity index is 516. The van der Waals surface area contributed by atoms with E-state index in [1.54, 1.807) is 25.3 Å². The molecule has 0 radical (unpaired) electrons. The number of carbonyl (C=O) groups excluding carboxylic acids is 1. The molecule has 22 heavy (non-hydrogen) atoms. The molecule has 2 rings (SSSR count). The fraction of sp³-hybridized carbons (Fsp3) is 0.562. The highest BCUT2D eigenvalue weighted by Gasteiger charge is 2.48. The zero-order valence-electron chi connectivity index (χ0n) is 12.5. The molecule has 2 unspecified atom stereocenters. The molecule has 0 heterocycles. The molecule has 122 valence electrons. The van der Waals surface area contributed by atoms with Gasteiger partial charge in [-0.05, 0) is 30.5 Å². The predicted octanol–water partition coefficient (Wildman–Crippen LogP) is 4.14. The van der Waals surface area contributed by atoms with Gasteiger partial charge in [0.1, 0.15) is 0 Å². The molecule has 1 saturated carbocycles. The molecule has 1 N–H and O–H groups in total. The summed E-state index contributed by atoms with van der Waals surface area (Å²) >= 11 is 0. The van der Waals surface area contributed by atoms with Crippen LogP contribution in [0.5, 0.6) is 0 Å². The summed E-state index contributed by atoms with van der Waals surface area (Å²) in [6, 6.07) is 6.96. The van der Waals surface area contributed by atoms with Crippen LogP contribution in [-0.2, 0) is 16.1 Å². The molecular weight excluding hydrogens is 295 g/mol. The van der Waals surface area contributed by atoms with Gasteiger partial charge in [-0.1, -0.05) is 25.0 Å². The van der Waals surface area contributed by atoms with E-state index >= 15 is 0 Å². The molecule has 0 saturated heterocycles. The van der Waals surface area contributed by atoms with Crippen molar-refractivity contribution >= 4 is 11.6 Å². The van der Waals surface area contributed by atoms with Crippen LogP contribution in [0.15, 0.2) is 24.3 Å². The first-order valence-corrected chi connectivity index (χ1v) is 7.37. The van der Waals surface area contributed by atoms with Crippen molar-refractivity contribution < 1.29 is 22.7 Å². The maximum absolute atomic E-state index is 13.1. The Balaban J connectivity index is 2.08. The summed E-state index contributed by atoms with van der Waals surface area (Å²) in [5, 5.41) is 2.62. The topological polar surface area (TPSA) is 38.3 Å². The monoisotopic (exact) mass is 315 g/mol. The second-order valence-corrected chi connectivity index (χ2v) is 5.66. The number of carbonyl (C=O) groups is 1. The van der Waals surface area contributed by atoms with Crippen molar-refractivity contribution in [3.8, 4) is 0 Å². The summed E-state index contributed by atoms with van der Waals surface area (Å²) in [5.41, 5.74) is 1.36. The molecule has 1 fully saturated rings. The average Bonchev–Trinajstić information content (AvgIpc) is 2.47. The number of amides is 1. The van der Waals surface area contributed by atoms with Gasteiger partial charge in [-0.15, -0.1) is 0 Å². The summed E-state index contributed by atoms with van der Waals surface area (Å²) in [4.78, 5) is 12.3. The molecule has 1 aromatic carbocycles. The lowest BCUT2D eigenvalue weighted by Gasteiger charge is -2.32. The maximum Gasteiger partial charge on any atom is 0.392 e. The average molecular weight is 315 g/mol. The molecule has 6 heteroatoms. The highest BCUT2D eigenvalue weighted by Crippen LogP contribution is 2.41. The van der Waals surface area contributed by atoms with E-state index in [0.29, 0.717) is 25.1 Å². The highest BCUT2D eigenvalue weighted by molar-refractivity contribution is 5.92. The lowest BCUT2D eigenvalue weighted by Crippen LogP contribution is -2.39. The number of benzene rings is 1. The number of methoxy groups -OCH3 is 1. The van der Waals surface area contributed by atoms with Crippen LogP contribution >= 0.6 is 0 Å². The molecule has 2 atom stereocenters. The third kappa shape index (κ3) is 4.22. The second kappa shape index (κ2) is 7.13. The summed E-state index contributed by atoms with van der Waals surface area (Å²) in [6.07, 6.45) is -2.81. The Morgan fingerprint density at radius 1 is 1.32 bits per heavy atom. The quantitative estimate of drug-likeness (QED) is 0.907. The predicted molar refractivity (Wildman–Crippen MR) is 77.3 cm³/mol. The lowest BCUT2D eigenvalue weighted by molar-refractivity contribution is -0.197. The normalized spacial score (nSPS) is 22.4. The summed E-state index contributed by atoms with van der Waals surface area (Å²) in [7, 11) is 1.56. The summed E-state index contributed by atoms with van der Waals surface area (Å²) in [5.74, 6) is -3.08. The minimum absolute atomic E-state index is 0.0330. The van der Waals surface area contributed by atoms with Gasteiger partial charge in [0.15, 0.2) is 0 Å². The van der Waals surface area contributed by atoms with Gasteiger partial charge in [-0.3, -0.25) is 4.79 Å². The van der Waals surface area contributed by atoms with Crippen molar-refractivity contribution in [1.29, 1.82) is 0 Å². The first-order chi connectivity index (χ1) is 10.4. The van der Waals surface area contributed by atoms with E-state index in [4.69, 9.17) is 4.74 Å². The molecular formula is C16H20F3NO2. The van der Waals surface area contributed by atoms with E-state index in [0.717, 1.165) is 5.56 Å². The molecule has 1 amide bonds. The second-order valence-electron chi connectivity index (χ2n) is 5.66. The molecule has 0 aromatic heterocycles. The third-order valence-electron chi connectivity index (χ3n) is 4.03. The number of nitrogens with one attached hydrogen (secondary N) is 1. The molecule has 1 aliphatic rings. The first-order valence-electron chi connectivity index (χ1n) is 7.37. The molecule has 3 nitrogen and oxygen atoms in total. The molecule has 1 aliphatic carbocycles. The van der Waals surface area contributed by atoms with Gasteiger partial charge in [-0.25, -0.2) is 0 Å². The van der Waals surface area contributed by atoms with Crippen molar-refractivity contribution in [3.63, 3.8) is 0 Å². The van der Waals surface area contributed by atoms with E-state index in [9.17, 15) is 18.0 Å². The first kappa shape index (κ1) is 16.8. The Kier molecular flexibility index (Phi) is 5.45. The van der Waals surface area contributed by atoms with Crippen molar-refractivity contribution in [2.24, 2.45) is 11.8 Å². The van der Waals surface area contributed by atoms with Gasteiger partial charge < -0.3 is 10.1 Å². The van der Waals surface area contributed by atoms with Crippen LogP contribution in [0.1, 0.15) is 31.2 Å². The van der Waals surface area contributed by atoms with Gasteiger partial charge in [-0.2, -0.15) is 13.2 Å². The lowest BCUT2D eigenvalue weighted by atomic mass is 9.78. The third-order valence-corrected chi connectivity index (χ3v) is 4.03. The number of hydrogen-bond donors (Lipinski definition) is 1. The van der Waals surface area contributed by atoms with Crippen LogP contribution in [-0.4, -0.2) is 19.2 Å². The van der Waals surface area contributed by atoms with Gasteiger partial charge in [0.2, 0.25) is 5.91 Å². The largest absolute Gasteiger partial charge is 0.392 e. The van der Waals surface area contributed by atoms with Gasteiger partial charge >= 0.3 is 6.18 Å². The highest BCUT2D eigenvalue weighted by atomic mass is 19.4. The van der Waals surface area contributed by atoms with E-state index in [1.165, 1.54) is 0 Å². The summed E-state index contributed by atoms with van der Waals surface area (Å²) in [6.45, 7) is 0.387. The van der Waals surface area contributed by atoms with Crippen molar-refractivity contribution in [2.75, 3.05) is 12.4 Å². The Morgan fingerprint density at radius 3 is 2.73 bits per heavy atom. The number of alkyl halides is 3. The van der Waals surface area contributed by atoms with Crippen LogP contribution < -0.4 is 5.32 Å². The Morgan fingerprint density at radius 2 is 2.05 bits per heavy atom.